The van der Waals surface area contributed by atoms with E-state index in [1.807, 2.05) is 18.2 Å². The third-order valence-corrected chi connectivity index (χ3v) is 3.73. The minimum atomic E-state index is -0.302. The molecule has 24 heavy (non-hydrogen) atoms. The first-order valence-corrected chi connectivity index (χ1v) is 8.37. The first-order chi connectivity index (χ1) is 11.5. The summed E-state index contributed by atoms with van der Waals surface area (Å²) >= 11 is 2.14. The van der Waals surface area contributed by atoms with Gasteiger partial charge in [-0.2, -0.15) is 5.10 Å². The van der Waals surface area contributed by atoms with Crippen LogP contribution < -0.4 is 10.7 Å². The Balaban J connectivity index is 1.80. The van der Waals surface area contributed by atoms with Crippen molar-refractivity contribution in [1.82, 2.24) is 15.7 Å². The standard InChI is InChI=1S/C17H17IN4O2/c1-12(8-16(23)20-11-13-4-3-7-19-10-13)21-22-17(24)14-5-2-6-15(18)9-14/h2-7,9-10H,8,11H2,1H3,(H,20,23)(H,22,24)/b21-12+. The summed E-state index contributed by atoms with van der Waals surface area (Å²) in [5.74, 6) is -0.466. The smallest absolute Gasteiger partial charge is 0.271 e. The predicted octanol–water partition coefficient (Wildman–Crippen LogP) is 2.50. The average Bonchev–Trinajstić information content (AvgIpc) is 2.59. The molecule has 0 saturated carbocycles. The number of carbonyl (C=O) groups is 2. The van der Waals surface area contributed by atoms with Crippen LogP contribution >= 0.6 is 22.6 Å². The minimum absolute atomic E-state index is 0.118. The zero-order chi connectivity index (χ0) is 17.4. The second-order valence-corrected chi connectivity index (χ2v) is 6.36. The summed E-state index contributed by atoms with van der Waals surface area (Å²) in [5, 5.41) is 6.75. The Bertz CT molecular complexity index is 747. The van der Waals surface area contributed by atoms with Crippen molar-refractivity contribution in [2.45, 2.75) is 19.9 Å². The fourth-order valence-electron chi connectivity index (χ4n) is 1.88. The summed E-state index contributed by atoms with van der Waals surface area (Å²) in [5.41, 5.74) is 4.44. The number of nitrogens with zero attached hydrogens (tertiary/aromatic N) is 2. The zero-order valence-electron chi connectivity index (χ0n) is 13.1. The van der Waals surface area contributed by atoms with E-state index in [2.05, 4.69) is 43.4 Å². The Labute approximate surface area is 153 Å². The van der Waals surface area contributed by atoms with Crippen LogP contribution in [-0.2, 0) is 11.3 Å². The number of pyridine rings is 1. The van der Waals surface area contributed by atoms with E-state index in [1.54, 1.807) is 37.5 Å². The van der Waals surface area contributed by atoms with Crippen LogP contribution in [0, 0.1) is 3.57 Å². The lowest BCUT2D eigenvalue weighted by Gasteiger charge is -2.05. The molecular formula is C17H17IN4O2. The normalized spacial score (nSPS) is 11.0. The fourth-order valence-corrected chi connectivity index (χ4v) is 2.42. The van der Waals surface area contributed by atoms with Gasteiger partial charge in [0.2, 0.25) is 5.91 Å². The number of aromatic nitrogens is 1. The lowest BCUT2D eigenvalue weighted by atomic mass is 10.2. The number of hydrogen-bond acceptors (Lipinski definition) is 4. The van der Waals surface area contributed by atoms with E-state index in [1.165, 1.54) is 0 Å². The molecule has 1 aromatic heterocycles. The van der Waals surface area contributed by atoms with Gasteiger partial charge in [-0.1, -0.05) is 12.1 Å². The van der Waals surface area contributed by atoms with Gasteiger partial charge in [0.1, 0.15) is 0 Å². The topological polar surface area (TPSA) is 83.4 Å². The molecule has 0 aliphatic carbocycles. The predicted molar refractivity (Wildman–Crippen MR) is 100 cm³/mol. The van der Waals surface area contributed by atoms with Gasteiger partial charge in [0.15, 0.2) is 0 Å². The maximum absolute atomic E-state index is 12.0. The molecule has 1 aromatic carbocycles. The number of benzene rings is 1. The lowest BCUT2D eigenvalue weighted by Crippen LogP contribution is -2.26. The molecule has 0 saturated heterocycles. The summed E-state index contributed by atoms with van der Waals surface area (Å²) in [6, 6.07) is 10.9. The Morgan fingerprint density at radius 3 is 2.79 bits per heavy atom. The van der Waals surface area contributed by atoms with E-state index in [0.717, 1.165) is 9.13 Å². The highest BCUT2D eigenvalue weighted by Crippen LogP contribution is 2.07. The number of hydrazone groups is 1. The van der Waals surface area contributed by atoms with Gasteiger partial charge in [-0.05, 0) is 59.3 Å². The van der Waals surface area contributed by atoms with E-state index in [9.17, 15) is 9.59 Å². The Kier molecular flexibility index (Phi) is 6.86. The summed E-state index contributed by atoms with van der Waals surface area (Å²) in [7, 11) is 0. The third kappa shape index (κ3) is 6.07. The number of amides is 2. The molecule has 0 aliphatic rings. The molecule has 2 N–H and O–H groups in total. The maximum Gasteiger partial charge on any atom is 0.271 e. The third-order valence-electron chi connectivity index (χ3n) is 3.06. The molecule has 2 rings (SSSR count). The molecule has 0 radical (unpaired) electrons. The van der Waals surface area contributed by atoms with Crippen LogP contribution in [-0.4, -0.2) is 22.5 Å². The van der Waals surface area contributed by atoms with Gasteiger partial charge in [-0.15, -0.1) is 0 Å². The second-order valence-electron chi connectivity index (χ2n) is 5.11. The number of carbonyl (C=O) groups excluding carboxylic acids is 2. The molecule has 2 aromatic rings. The van der Waals surface area contributed by atoms with E-state index < -0.39 is 0 Å². The van der Waals surface area contributed by atoms with Gasteiger partial charge >= 0.3 is 0 Å². The van der Waals surface area contributed by atoms with E-state index in [-0.39, 0.29) is 18.2 Å². The average molecular weight is 436 g/mol. The van der Waals surface area contributed by atoms with Crippen molar-refractivity contribution in [3.8, 4) is 0 Å². The van der Waals surface area contributed by atoms with Crippen molar-refractivity contribution >= 4 is 40.1 Å². The number of nitrogens with one attached hydrogen (secondary N) is 2. The van der Waals surface area contributed by atoms with E-state index >= 15 is 0 Å². The van der Waals surface area contributed by atoms with Crippen molar-refractivity contribution in [2.24, 2.45) is 5.10 Å². The van der Waals surface area contributed by atoms with Gasteiger partial charge in [0.05, 0.1) is 6.42 Å². The van der Waals surface area contributed by atoms with Crippen LogP contribution in [0.15, 0.2) is 53.9 Å². The molecule has 0 spiro atoms. The summed E-state index contributed by atoms with van der Waals surface area (Å²) in [6.45, 7) is 2.10. The highest BCUT2D eigenvalue weighted by atomic mass is 127. The number of rotatable bonds is 6. The van der Waals surface area contributed by atoms with Gasteiger partial charge in [0, 0.05) is 33.8 Å². The molecular weight excluding hydrogens is 419 g/mol. The largest absolute Gasteiger partial charge is 0.352 e. The van der Waals surface area contributed by atoms with Crippen molar-refractivity contribution in [3.63, 3.8) is 0 Å². The quantitative estimate of drug-likeness (QED) is 0.415. The molecule has 0 bridgehead atoms. The number of halogens is 1. The first-order valence-electron chi connectivity index (χ1n) is 7.29. The van der Waals surface area contributed by atoms with Crippen LogP contribution in [0.5, 0.6) is 0 Å². The van der Waals surface area contributed by atoms with Crippen LogP contribution in [0.4, 0.5) is 0 Å². The van der Waals surface area contributed by atoms with Crippen LogP contribution in [0.1, 0.15) is 29.3 Å². The number of hydrogen-bond donors (Lipinski definition) is 2. The molecule has 0 aliphatic heterocycles. The van der Waals surface area contributed by atoms with Crippen LogP contribution in [0.2, 0.25) is 0 Å². The molecule has 2 amide bonds. The molecule has 0 atom stereocenters. The fraction of sp³-hybridized carbons (Fsp3) is 0.176. The van der Waals surface area contributed by atoms with Gasteiger partial charge in [-0.25, -0.2) is 5.43 Å². The van der Waals surface area contributed by atoms with Gasteiger partial charge in [0.25, 0.3) is 5.91 Å². The Morgan fingerprint density at radius 1 is 1.25 bits per heavy atom. The summed E-state index contributed by atoms with van der Waals surface area (Å²) in [6.07, 6.45) is 3.49. The van der Waals surface area contributed by atoms with E-state index in [4.69, 9.17) is 0 Å². The van der Waals surface area contributed by atoms with Gasteiger partial charge in [-0.3, -0.25) is 14.6 Å². The van der Waals surface area contributed by atoms with Crippen molar-refractivity contribution in [2.75, 3.05) is 0 Å². The highest BCUT2D eigenvalue weighted by Gasteiger charge is 2.07. The lowest BCUT2D eigenvalue weighted by molar-refractivity contribution is -0.120. The molecule has 6 nitrogen and oxygen atoms in total. The monoisotopic (exact) mass is 436 g/mol. The first kappa shape index (κ1) is 18.1. The van der Waals surface area contributed by atoms with Gasteiger partial charge < -0.3 is 5.32 Å². The molecule has 124 valence electrons. The molecule has 0 fully saturated rings. The Morgan fingerprint density at radius 2 is 2.08 bits per heavy atom. The second kappa shape index (κ2) is 9.11. The highest BCUT2D eigenvalue weighted by molar-refractivity contribution is 14.1. The molecule has 7 heteroatoms. The Hall–Kier alpha value is -2.29. The van der Waals surface area contributed by atoms with Crippen molar-refractivity contribution in [1.29, 1.82) is 0 Å². The SMILES string of the molecule is C/C(CC(=O)NCc1cccnc1)=N\NC(=O)c1cccc(I)c1. The summed E-state index contributed by atoms with van der Waals surface area (Å²) in [4.78, 5) is 27.8. The minimum Gasteiger partial charge on any atom is -0.352 e. The molecule has 1 heterocycles. The maximum atomic E-state index is 12.0. The molecule has 0 unspecified atom stereocenters. The van der Waals surface area contributed by atoms with Crippen molar-refractivity contribution < 1.29 is 9.59 Å². The van der Waals surface area contributed by atoms with Crippen LogP contribution in [0.25, 0.3) is 0 Å². The van der Waals surface area contributed by atoms with Crippen LogP contribution in [0.3, 0.4) is 0 Å². The van der Waals surface area contributed by atoms with E-state index in [0.29, 0.717) is 17.8 Å². The summed E-state index contributed by atoms with van der Waals surface area (Å²) < 4.78 is 0.968. The zero-order valence-corrected chi connectivity index (χ0v) is 15.3. The van der Waals surface area contributed by atoms with Crippen molar-refractivity contribution in [3.05, 3.63) is 63.5 Å².